The lowest BCUT2D eigenvalue weighted by molar-refractivity contribution is -0.116. The Bertz CT molecular complexity index is 938. The smallest absolute Gasteiger partial charge is 0.244 e. The maximum absolute atomic E-state index is 12.5. The van der Waals surface area contributed by atoms with Gasteiger partial charge in [-0.3, -0.25) is 4.79 Å². The van der Waals surface area contributed by atoms with Crippen LogP contribution in [0.25, 0.3) is 11.0 Å². The van der Waals surface area contributed by atoms with E-state index < -0.39 is 0 Å². The first-order chi connectivity index (χ1) is 11.3. The van der Waals surface area contributed by atoms with E-state index in [0.717, 1.165) is 22.5 Å². The molecule has 0 bridgehead atoms. The lowest BCUT2D eigenvalue weighted by atomic mass is 10.1. The van der Waals surface area contributed by atoms with Gasteiger partial charge in [-0.2, -0.15) is 0 Å². The average molecular weight is 321 g/mol. The van der Waals surface area contributed by atoms with Crippen molar-refractivity contribution in [2.24, 2.45) is 0 Å². The molecule has 0 aliphatic heterocycles. The molecule has 1 aromatic heterocycles. The Balaban J connectivity index is 1.86. The van der Waals surface area contributed by atoms with Gasteiger partial charge in [-0.05, 0) is 81.1 Å². The van der Waals surface area contributed by atoms with E-state index in [9.17, 15) is 4.79 Å². The van der Waals surface area contributed by atoms with Crippen LogP contribution in [0.2, 0.25) is 0 Å². The van der Waals surface area contributed by atoms with Crippen LogP contribution in [0.4, 0.5) is 5.69 Å². The molecule has 0 fully saturated rings. The molecule has 0 aliphatic rings. The van der Waals surface area contributed by atoms with Crippen LogP contribution in [-0.2, 0) is 11.3 Å². The van der Waals surface area contributed by atoms with Crippen molar-refractivity contribution in [2.45, 2.75) is 41.2 Å². The Kier molecular flexibility index (Phi) is 4.14. The van der Waals surface area contributed by atoms with Gasteiger partial charge in [0.15, 0.2) is 0 Å². The van der Waals surface area contributed by atoms with E-state index in [1.54, 1.807) is 0 Å². The fourth-order valence-electron chi connectivity index (χ4n) is 2.86. The monoisotopic (exact) mass is 321 g/mol. The van der Waals surface area contributed by atoms with Crippen LogP contribution >= 0.6 is 0 Å². The molecule has 124 valence electrons. The van der Waals surface area contributed by atoms with Crippen molar-refractivity contribution < 1.29 is 4.79 Å². The molecule has 1 amide bonds. The predicted molar refractivity (Wildman–Crippen MR) is 98.5 cm³/mol. The van der Waals surface area contributed by atoms with Crippen LogP contribution in [-0.4, -0.2) is 15.5 Å². The van der Waals surface area contributed by atoms with Gasteiger partial charge in [-0.15, -0.1) is 0 Å². The lowest BCUT2D eigenvalue weighted by Crippen LogP contribution is -2.19. The summed E-state index contributed by atoms with van der Waals surface area (Å²) < 4.78 is 1.97. The number of imidazole rings is 1. The van der Waals surface area contributed by atoms with Crippen molar-refractivity contribution in [1.29, 1.82) is 0 Å². The van der Waals surface area contributed by atoms with Crippen molar-refractivity contribution in [1.82, 2.24) is 9.55 Å². The van der Waals surface area contributed by atoms with Crippen molar-refractivity contribution >= 4 is 22.6 Å². The average Bonchev–Trinajstić information content (AvgIpc) is 2.79. The van der Waals surface area contributed by atoms with Crippen molar-refractivity contribution in [3.63, 3.8) is 0 Å². The van der Waals surface area contributed by atoms with Gasteiger partial charge in [-0.1, -0.05) is 6.07 Å². The highest BCUT2D eigenvalue weighted by Gasteiger charge is 2.12. The number of carbonyl (C=O) groups excluding carboxylic acids is 1. The van der Waals surface area contributed by atoms with E-state index in [-0.39, 0.29) is 12.5 Å². The molecule has 0 saturated heterocycles. The zero-order chi connectivity index (χ0) is 17.4. The number of aromatic nitrogens is 2. The summed E-state index contributed by atoms with van der Waals surface area (Å²) in [4.78, 5) is 17.0. The minimum atomic E-state index is -0.0427. The number of amides is 1. The van der Waals surface area contributed by atoms with Gasteiger partial charge >= 0.3 is 0 Å². The van der Waals surface area contributed by atoms with Crippen LogP contribution in [0.15, 0.2) is 30.3 Å². The maximum Gasteiger partial charge on any atom is 0.244 e. The Morgan fingerprint density at radius 3 is 2.33 bits per heavy atom. The number of hydrogen-bond acceptors (Lipinski definition) is 2. The van der Waals surface area contributed by atoms with Gasteiger partial charge < -0.3 is 9.88 Å². The fraction of sp³-hybridized carbons (Fsp3) is 0.300. The summed E-state index contributed by atoms with van der Waals surface area (Å²) in [5, 5.41) is 2.98. The Morgan fingerprint density at radius 1 is 0.958 bits per heavy atom. The topological polar surface area (TPSA) is 46.9 Å². The normalized spacial score (nSPS) is 11.0. The Labute approximate surface area is 142 Å². The molecule has 0 radical (unpaired) electrons. The number of anilines is 1. The van der Waals surface area contributed by atoms with Crippen molar-refractivity contribution in [3.8, 4) is 0 Å². The van der Waals surface area contributed by atoms with Crippen LogP contribution in [0.3, 0.4) is 0 Å². The molecule has 0 atom stereocenters. The van der Waals surface area contributed by atoms with Crippen molar-refractivity contribution in [2.75, 3.05) is 5.32 Å². The third kappa shape index (κ3) is 3.04. The standard InChI is InChI=1S/C20H23N3O/c1-12-6-7-17(8-13(12)2)22-20(24)11-23-16(5)21-18-9-14(3)15(4)10-19(18)23/h6-10H,11H2,1-5H3,(H,22,24). The molecular formula is C20H23N3O. The summed E-state index contributed by atoms with van der Waals surface area (Å²) in [7, 11) is 0. The van der Waals surface area contributed by atoms with E-state index in [2.05, 4.69) is 43.2 Å². The Morgan fingerprint density at radius 2 is 1.62 bits per heavy atom. The lowest BCUT2D eigenvalue weighted by Gasteiger charge is -2.10. The highest BCUT2D eigenvalue weighted by Crippen LogP contribution is 2.21. The third-order valence-corrected chi connectivity index (χ3v) is 4.65. The number of carbonyl (C=O) groups is 1. The second kappa shape index (κ2) is 6.11. The third-order valence-electron chi connectivity index (χ3n) is 4.65. The van der Waals surface area contributed by atoms with Gasteiger partial charge in [-0.25, -0.2) is 4.98 Å². The zero-order valence-corrected chi connectivity index (χ0v) is 14.9. The van der Waals surface area contributed by atoms with E-state index in [0.29, 0.717) is 0 Å². The molecular weight excluding hydrogens is 298 g/mol. The van der Waals surface area contributed by atoms with Crippen molar-refractivity contribution in [3.05, 3.63) is 58.4 Å². The molecule has 0 saturated carbocycles. The largest absolute Gasteiger partial charge is 0.325 e. The highest BCUT2D eigenvalue weighted by molar-refractivity contribution is 5.92. The fourth-order valence-corrected chi connectivity index (χ4v) is 2.86. The summed E-state index contributed by atoms with van der Waals surface area (Å²) >= 11 is 0. The summed E-state index contributed by atoms with van der Waals surface area (Å²) in [5.74, 6) is 0.809. The molecule has 1 N–H and O–H groups in total. The van der Waals surface area contributed by atoms with Gasteiger partial charge in [0.1, 0.15) is 12.4 Å². The van der Waals surface area contributed by atoms with Gasteiger partial charge in [0, 0.05) is 5.69 Å². The molecule has 4 heteroatoms. The molecule has 3 aromatic rings. The van der Waals surface area contributed by atoms with Crippen LogP contribution in [0.1, 0.15) is 28.1 Å². The number of fused-ring (bicyclic) bond motifs is 1. The van der Waals surface area contributed by atoms with Crippen LogP contribution < -0.4 is 5.32 Å². The number of nitrogens with zero attached hydrogens (tertiary/aromatic N) is 2. The second-order valence-corrected chi connectivity index (χ2v) is 6.52. The summed E-state index contributed by atoms with van der Waals surface area (Å²) in [6.07, 6.45) is 0. The van der Waals surface area contributed by atoms with E-state index in [4.69, 9.17) is 0 Å². The maximum atomic E-state index is 12.5. The number of rotatable bonds is 3. The summed E-state index contributed by atoms with van der Waals surface area (Å²) in [6.45, 7) is 10.5. The molecule has 4 nitrogen and oxygen atoms in total. The highest BCUT2D eigenvalue weighted by atomic mass is 16.1. The number of aryl methyl sites for hydroxylation is 5. The molecule has 0 aliphatic carbocycles. The number of benzene rings is 2. The second-order valence-electron chi connectivity index (χ2n) is 6.52. The quantitative estimate of drug-likeness (QED) is 0.785. The first kappa shape index (κ1) is 16.2. The molecule has 2 aromatic carbocycles. The van der Waals surface area contributed by atoms with Gasteiger partial charge in [0.25, 0.3) is 0 Å². The zero-order valence-electron chi connectivity index (χ0n) is 14.9. The Hall–Kier alpha value is -2.62. The molecule has 24 heavy (non-hydrogen) atoms. The predicted octanol–water partition coefficient (Wildman–Crippen LogP) is 4.22. The number of nitrogens with one attached hydrogen (secondary N) is 1. The SMILES string of the molecule is Cc1ccc(NC(=O)Cn2c(C)nc3cc(C)c(C)cc32)cc1C. The molecule has 3 rings (SSSR count). The van der Waals surface area contributed by atoms with Crippen LogP contribution in [0, 0.1) is 34.6 Å². The molecule has 0 unspecified atom stereocenters. The summed E-state index contributed by atoms with van der Waals surface area (Å²) in [6, 6.07) is 10.1. The molecule has 1 heterocycles. The minimum absolute atomic E-state index is 0.0427. The van der Waals surface area contributed by atoms with E-state index in [1.807, 2.05) is 36.6 Å². The van der Waals surface area contributed by atoms with E-state index in [1.165, 1.54) is 22.3 Å². The van der Waals surface area contributed by atoms with Gasteiger partial charge in [0.2, 0.25) is 5.91 Å². The van der Waals surface area contributed by atoms with E-state index >= 15 is 0 Å². The summed E-state index contributed by atoms with van der Waals surface area (Å²) in [5.41, 5.74) is 7.58. The molecule has 0 spiro atoms. The van der Waals surface area contributed by atoms with Crippen LogP contribution in [0.5, 0.6) is 0 Å². The first-order valence-electron chi connectivity index (χ1n) is 8.16. The number of hydrogen-bond donors (Lipinski definition) is 1. The minimum Gasteiger partial charge on any atom is -0.325 e. The van der Waals surface area contributed by atoms with Gasteiger partial charge in [0.05, 0.1) is 11.0 Å². The first-order valence-corrected chi connectivity index (χ1v) is 8.16.